The number of hydrogen-bond acceptors (Lipinski definition) is 7. The lowest BCUT2D eigenvalue weighted by Crippen LogP contribution is -2.42. The zero-order valence-electron chi connectivity index (χ0n) is 20.5. The summed E-state index contributed by atoms with van der Waals surface area (Å²) in [5.74, 6) is -0.204. The van der Waals surface area contributed by atoms with Crippen molar-refractivity contribution in [2.24, 2.45) is 0 Å². The number of carbonyl (C=O) groups is 1. The molecule has 2 N–H and O–H groups in total. The second-order valence-electron chi connectivity index (χ2n) is 9.30. The summed E-state index contributed by atoms with van der Waals surface area (Å²) in [5, 5.41) is 13.8. The number of aromatic nitrogens is 3. The molecule has 194 valence electrons. The number of alkyl halides is 3. The summed E-state index contributed by atoms with van der Waals surface area (Å²) in [6.45, 7) is 0.750. The van der Waals surface area contributed by atoms with Gasteiger partial charge in [-0.15, -0.1) is 0 Å². The van der Waals surface area contributed by atoms with Crippen molar-refractivity contribution < 1.29 is 27.8 Å². The minimum atomic E-state index is -4.59. The second kappa shape index (κ2) is 10.0. The number of aliphatic hydroxyl groups excluding tert-OH is 1. The van der Waals surface area contributed by atoms with Crippen LogP contribution in [0, 0.1) is 0 Å². The Kier molecular flexibility index (Phi) is 7.21. The Morgan fingerprint density at radius 2 is 2.00 bits per heavy atom. The number of carbonyl (C=O) groups excluding carboxylic acids is 1. The van der Waals surface area contributed by atoms with Gasteiger partial charge < -0.3 is 25.0 Å². The third-order valence-corrected chi connectivity index (χ3v) is 5.95. The van der Waals surface area contributed by atoms with E-state index in [0.29, 0.717) is 18.4 Å². The van der Waals surface area contributed by atoms with Crippen molar-refractivity contribution >= 4 is 22.9 Å². The molecule has 1 aromatic carbocycles. The molecule has 12 heteroatoms. The van der Waals surface area contributed by atoms with E-state index >= 15 is 0 Å². The predicted octanol–water partition coefficient (Wildman–Crippen LogP) is 2.76. The number of nitrogens with one attached hydrogen (secondary N) is 1. The molecule has 3 heterocycles. The summed E-state index contributed by atoms with van der Waals surface area (Å²) in [7, 11) is 6.53. The Morgan fingerprint density at radius 3 is 2.64 bits per heavy atom. The van der Waals surface area contributed by atoms with E-state index in [9.17, 15) is 23.1 Å². The molecule has 1 aliphatic heterocycles. The molecule has 0 aliphatic carbocycles. The topological polar surface area (TPSA) is 95.8 Å². The summed E-state index contributed by atoms with van der Waals surface area (Å²) in [6.07, 6.45) is -3.30. The van der Waals surface area contributed by atoms with Crippen LogP contribution >= 0.6 is 0 Å². The van der Waals surface area contributed by atoms with E-state index < -0.39 is 23.8 Å². The molecule has 0 radical (unpaired) electrons. The fourth-order valence-corrected chi connectivity index (χ4v) is 4.21. The molecule has 0 unspecified atom stereocenters. The first-order valence-electron chi connectivity index (χ1n) is 11.4. The Labute approximate surface area is 206 Å². The Hall–Kier alpha value is -3.22. The van der Waals surface area contributed by atoms with Crippen LogP contribution in [0.15, 0.2) is 30.5 Å². The number of anilines is 1. The van der Waals surface area contributed by atoms with Gasteiger partial charge in [0.05, 0.1) is 24.3 Å². The predicted molar refractivity (Wildman–Crippen MR) is 128 cm³/mol. The van der Waals surface area contributed by atoms with E-state index in [0.717, 1.165) is 6.07 Å². The van der Waals surface area contributed by atoms with Crippen LogP contribution in [0.5, 0.6) is 0 Å². The van der Waals surface area contributed by atoms with Crippen molar-refractivity contribution in [2.75, 3.05) is 46.7 Å². The van der Waals surface area contributed by atoms with Crippen LogP contribution in [0.2, 0.25) is 0 Å². The van der Waals surface area contributed by atoms with Crippen LogP contribution in [0.3, 0.4) is 0 Å². The lowest BCUT2D eigenvalue weighted by Gasteiger charge is -2.28. The van der Waals surface area contributed by atoms with Gasteiger partial charge in [-0.1, -0.05) is 6.07 Å². The first-order chi connectivity index (χ1) is 17.0. The molecule has 2 aromatic heterocycles. The number of halogens is 3. The summed E-state index contributed by atoms with van der Waals surface area (Å²) in [5.41, 5.74) is -0.0789. The maximum atomic E-state index is 14.0. The number of hydrogen-bond donors (Lipinski definition) is 2. The minimum absolute atomic E-state index is 0.106. The summed E-state index contributed by atoms with van der Waals surface area (Å²) in [6, 6.07) is 5.24. The van der Waals surface area contributed by atoms with E-state index in [4.69, 9.17) is 4.74 Å². The molecule has 2 atom stereocenters. The maximum Gasteiger partial charge on any atom is 0.416 e. The minimum Gasteiger partial charge on any atom is -0.389 e. The third kappa shape index (κ3) is 5.30. The lowest BCUT2D eigenvalue weighted by atomic mass is 10.1. The molecule has 0 spiro atoms. The van der Waals surface area contributed by atoms with E-state index in [1.54, 1.807) is 45.2 Å². The SMILES string of the molecule is CN(C)Cc1ccc(-n2c(C(=O)N(C)C)cc3cnc(N[C@@H]4CCOC[C@H]4O)nc32)cc1C(F)(F)F. The summed E-state index contributed by atoms with van der Waals surface area (Å²) < 4.78 is 48.7. The molecule has 1 aliphatic rings. The largest absolute Gasteiger partial charge is 0.416 e. The standard InChI is InChI=1S/C24H29F3N6O3/c1-31(2)12-14-5-6-16(10-17(14)24(25,26)27)33-19(22(35)32(3)4)9-15-11-28-23(30-21(15)33)29-18-7-8-36-13-20(18)34/h5-6,9-11,18,20,34H,7-8,12-13H2,1-4H3,(H,28,29,30)/t18-,20-/m1/s1. The van der Waals surface area contributed by atoms with Crippen LogP contribution in [-0.4, -0.2) is 88.9 Å². The van der Waals surface area contributed by atoms with Crippen LogP contribution in [0.4, 0.5) is 19.1 Å². The van der Waals surface area contributed by atoms with Gasteiger partial charge >= 0.3 is 6.18 Å². The zero-order valence-corrected chi connectivity index (χ0v) is 20.5. The second-order valence-corrected chi connectivity index (χ2v) is 9.30. The fraction of sp³-hybridized carbons (Fsp3) is 0.458. The van der Waals surface area contributed by atoms with Crippen LogP contribution < -0.4 is 5.32 Å². The molecular formula is C24H29F3N6O3. The van der Waals surface area contributed by atoms with E-state index in [1.165, 1.54) is 21.7 Å². The molecule has 1 saturated heterocycles. The van der Waals surface area contributed by atoms with Crippen molar-refractivity contribution in [3.63, 3.8) is 0 Å². The van der Waals surface area contributed by atoms with E-state index in [-0.39, 0.29) is 47.7 Å². The smallest absolute Gasteiger partial charge is 0.389 e. The van der Waals surface area contributed by atoms with Gasteiger partial charge in [0.1, 0.15) is 5.69 Å². The Morgan fingerprint density at radius 1 is 1.25 bits per heavy atom. The van der Waals surface area contributed by atoms with Crippen LogP contribution in [-0.2, 0) is 17.5 Å². The van der Waals surface area contributed by atoms with Crippen LogP contribution in [0.1, 0.15) is 28.0 Å². The molecule has 1 fully saturated rings. The number of fused-ring (bicyclic) bond motifs is 1. The Bertz CT molecular complexity index is 1260. The van der Waals surface area contributed by atoms with E-state index in [1.807, 2.05) is 0 Å². The maximum absolute atomic E-state index is 14.0. The van der Waals surface area contributed by atoms with Gasteiger partial charge in [0.25, 0.3) is 5.91 Å². The van der Waals surface area contributed by atoms with Crippen molar-refractivity contribution in [1.82, 2.24) is 24.3 Å². The molecule has 3 aromatic rings. The van der Waals surface area contributed by atoms with Crippen molar-refractivity contribution in [2.45, 2.75) is 31.3 Å². The highest BCUT2D eigenvalue weighted by molar-refractivity contribution is 5.98. The van der Waals surface area contributed by atoms with Gasteiger partial charge in [-0.25, -0.2) is 4.98 Å². The van der Waals surface area contributed by atoms with Gasteiger partial charge in [0, 0.05) is 44.5 Å². The van der Waals surface area contributed by atoms with Crippen molar-refractivity contribution in [3.05, 3.63) is 47.3 Å². The number of rotatable bonds is 6. The normalized spacial score (nSPS) is 18.6. The molecular weight excluding hydrogens is 477 g/mol. The van der Waals surface area contributed by atoms with Gasteiger partial charge in [0.15, 0.2) is 5.65 Å². The molecule has 9 nitrogen and oxygen atoms in total. The molecule has 36 heavy (non-hydrogen) atoms. The average Bonchev–Trinajstić information content (AvgIpc) is 3.18. The fourth-order valence-electron chi connectivity index (χ4n) is 4.21. The average molecular weight is 507 g/mol. The van der Waals surface area contributed by atoms with Gasteiger partial charge in [-0.2, -0.15) is 18.2 Å². The highest BCUT2D eigenvalue weighted by Gasteiger charge is 2.34. The van der Waals surface area contributed by atoms with Crippen LogP contribution in [0.25, 0.3) is 16.7 Å². The molecule has 0 saturated carbocycles. The zero-order chi connectivity index (χ0) is 26.2. The molecule has 0 bridgehead atoms. The number of amides is 1. The third-order valence-electron chi connectivity index (χ3n) is 5.95. The van der Waals surface area contributed by atoms with Gasteiger partial charge in [-0.05, 0) is 44.3 Å². The number of nitrogens with zero attached hydrogens (tertiary/aromatic N) is 5. The number of aliphatic hydroxyl groups is 1. The summed E-state index contributed by atoms with van der Waals surface area (Å²) >= 11 is 0. The van der Waals surface area contributed by atoms with Gasteiger partial charge in [-0.3, -0.25) is 9.36 Å². The highest BCUT2D eigenvalue weighted by Crippen LogP contribution is 2.35. The van der Waals surface area contributed by atoms with Crippen molar-refractivity contribution in [3.8, 4) is 5.69 Å². The number of ether oxygens (including phenoxy) is 1. The number of benzene rings is 1. The summed E-state index contributed by atoms with van der Waals surface area (Å²) in [4.78, 5) is 24.8. The monoisotopic (exact) mass is 506 g/mol. The highest BCUT2D eigenvalue weighted by atomic mass is 19.4. The van der Waals surface area contributed by atoms with Crippen molar-refractivity contribution in [1.29, 1.82) is 0 Å². The molecule has 1 amide bonds. The first kappa shape index (κ1) is 25.9. The molecule has 4 rings (SSSR count). The van der Waals surface area contributed by atoms with Gasteiger partial charge in [0.2, 0.25) is 5.95 Å². The quantitative estimate of drug-likeness (QED) is 0.531. The van der Waals surface area contributed by atoms with E-state index in [2.05, 4.69) is 15.3 Å². The first-order valence-corrected chi connectivity index (χ1v) is 11.4. The Balaban J connectivity index is 1.87. The lowest BCUT2D eigenvalue weighted by molar-refractivity contribution is -0.138.